The van der Waals surface area contributed by atoms with Gasteiger partial charge in [0.25, 0.3) is 5.91 Å². The number of nitrogens with one attached hydrogen (secondary N) is 2. The van der Waals surface area contributed by atoms with Gasteiger partial charge in [-0.25, -0.2) is 4.39 Å². The van der Waals surface area contributed by atoms with Crippen molar-refractivity contribution in [3.63, 3.8) is 0 Å². The summed E-state index contributed by atoms with van der Waals surface area (Å²) in [7, 11) is 0. The lowest BCUT2D eigenvalue weighted by Gasteiger charge is -2.40. The second-order valence-electron chi connectivity index (χ2n) is 7.94. The fourth-order valence-electron chi connectivity index (χ4n) is 3.62. The maximum atomic E-state index is 13.1. The molecular weight excluding hydrogens is 333 g/mol. The lowest BCUT2D eigenvalue weighted by Crippen LogP contribution is -2.45. The van der Waals surface area contributed by atoms with Gasteiger partial charge in [-0.05, 0) is 42.5 Å². The van der Waals surface area contributed by atoms with Crippen molar-refractivity contribution >= 4 is 5.91 Å². The van der Waals surface area contributed by atoms with Gasteiger partial charge in [0.15, 0.2) is 0 Å². The van der Waals surface area contributed by atoms with E-state index in [9.17, 15) is 9.18 Å². The molecule has 1 saturated heterocycles. The van der Waals surface area contributed by atoms with E-state index in [2.05, 4.69) is 36.3 Å². The van der Waals surface area contributed by atoms with Crippen LogP contribution < -0.4 is 5.32 Å². The van der Waals surface area contributed by atoms with Crippen LogP contribution in [0.15, 0.2) is 30.5 Å². The minimum atomic E-state index is -0.315. The van der Waals surface area contributed by atoms with E-state index in [0.29, 0.717) is 17.8 Å². The van der Waals surface area contributed by atoms with Crippen LogP contribution in [-0.2, 0) is 4.74 Å². The molecule has 5 nitrogen and oxygen atoms in total. The monoisotopic (exact) mass is 359 g/mol. The van der Waals surface area contributed by atoms with Crippen LogP contribution in [0.1, 0.15) is 44.0 Å². The number of amides is 1. The van der Waals surface area contributed by atoms with Crippen LogP contribution in [0.2, 0.25) is 0 Å². The van der Waals surface area contributed by atoms with Crippen LogP contribution in [-0.4, -0.2) is 35.4 Å². The van der Waals surface area contributed by atoms with Crippen molar-refractivity contribution in [2.75, 3.05) is 13.2 Å². The van der Waals surface area contributed by atoms with Gasteiger partial charge >= 0.3 is 0 Å². The lowest BCUT2D eigenvalue weighted by molar-refractivity contribution is -0.0839. The number of ether oxygens (including phenoxy) is 1. The van der Waals surface area contributed by atoms with Gasteiger partial charge in [-0.1, -0.05) is 20.8 Å². The van der Waals surface area contributed by atoms with Gasteiger partial charge in [0.1, 0.15) is 5.82 Å². The molecule has 1 aromatic carbocycles. The van der Waals surface area contributed by atoms with E-state index in [1.807, 2.05) is 0 Å². The van der Waals surface area contributed by atoms with Crippen molar-refractivity contribution < 1.29 is 13.9 Å². The highest BCUT2D eigenvalue weighted by atomic mass is 19.1. The normalized spacial score (nSPS) is 20.8. The third-order valence-corrected chi connectivity index (χ3v) is 4.84. The SMILES string of the molecule is CC(C)(C)[C@@H]1OCCC[C@@H]1CNC(=O)c1cn[nH]c1-c1ccc(F)cc1. The molecule has 2 atom stereocenters. The molecular formula is C20H26FN3O2. The van der Waals surface area contributed by atoms with Crippen molar-refractivity contribution in [3.8, 4) is 11.3 Å². The average Bonchev–Trinajstić information content (AvgIpc) is 3.09. The van der Waals surface area contributed by atoms with E-state index in [-0.39, 0.29) is 29.2 Å². The molecule has 2 heterocycles. The zero-order valence-corrected chi connectivity index (χ0v) is 15.5. The number of halogens is 1. The molecule has 0 saturated carbocycles. The molecule has 26 heavy (non-hydrogen) atoms. The highest BCUT2D eigenvalue weighted by molar-refractivity contribution is 5.99. The summed E-state index contributed by atoms with van der Waals surface area (Å²) in [6.45, 7) is 7.85. The summed E-state index contributed by atoms with van der Waals surface area (Å²) < 4.78 is 19.1. The maximum absolute atomic E-state index is 13.1. The summed E-state index contributed by atoms with van der Waals surface area (Å²) in [5.74, 6) is -0.213. The van der Waals surface area contributed by atoms with Crippen LogP contribution in [0.5, 0.6) is 0 Å². The summed E-state index contributed by atoms with van der Waals surface area (Å²) >= 11 is 0. The second-order valence-corrected chi connectivity index (χ2v) is 7.94. The van der Waals surface area contributed by atoms with Gasteiger partial charge in [-0.2, -0.15) is 5.10 Å². The Hall–Kier alpha value is -2.21. The van der Waals surface area contributed by atoms with Crippen molar-refractivity contribution in [3.05, 3.63) is 41.8 Å². The lowest BCUT2D eigenvalue weighted by atomic mass is 9.78. The Labute approximate surface area is 153 Å². The molecule has 1 fully saturated rings. The molecule has 0 unspecified atom stereocenters. The number of H-pyrrole nitrogens is 1. The number of aromatic nitrogens is 2. The molecule has 1 aliphatic rings. The minimum Gasteiger partial charge on any atom is -0.377 e. The highest BCUT2D eigenvalue weighted by Crippen LogP contribution is 2.33. The molecule has 1 amide bonds. The zero-order valence-electron chi connectivity index (χ0n) is 15.5. The largest absolute Gasteiger partial charge is 0.377 e. The van der Waals surface area contributed by atoms with Crippen LogP contribution in [0, 0.1) is 17.2 Å². The van der Waals surface area contributed by atoms with Crippen molar-refractivity contribution in [1.29, 1.82) is 0 Å². The van der Waals surface area contributed by atoms with E-state index < -0.39 is 0 Å². The first-order chi connectivity index (χ1) is 12.4. The molecule has 1 aromatic heterocycles. The summed E-state index contributed by atoms with van der Waals surface area (Å²) in [5.41, 5.74) is 1.81. The zero-order chi connectivity index (χ0) is 18.7. The van der Waals surface area contributed by atoms with Crippen LogP contribution in [0.3, 0.4) is 0 Å². The number of aromatic amines is 1. The molecule has 0 aliphatic carbocycles. The molecule has 1 aliphatic heterocycles. The fraction of sp³-hybridized carbons (Fsp3) is 0.500. The molecule has 0 bridgehead atoms. The highest BCUT2D eigenvalue weighted by Gasteiger charge is 2.35. The van der Waals surface area contributed by atoms with E-state index in [4.69, 9.17) is 4.74 Å². The molecule has 2 aromatic rings. The Morgan fingerprint density at radius 1 is 1.35 bits per heavy atom. The van der Waals surface area contributed by atoms with Crippen molar-refractivity contribution in [2.45, 2.75) is 39.7 Å². The molecule has 2 N–H and O–H groups in total. The van der Waals surface area contributed by atoms with Gasteiger partial charge < -0.3 is 10.1 Å². The molecule has 6 heteroatoms. The van der Waals surface area contributed by atoms with Crippen LogP contribution >= 0.6 is 0 Å². The molecule has 0 spiro atoms. The predicted octanol–water partition coefficient (Wildman–Crippen LogP) is 3.79. The third-order valence-electron chi connectivity index (χ3n) is 4.84. The van der Waals surface area contributed by atoms with Gasteiger partial charge in [0, 0.05) is 24.6 Å². The summed E-state index contributed by atoms with van der Waals surface area (Å²) in [6, 6.07) is 5.99. The van der Waals surface area contributed by atoms with Crippen LogP contribution in [0.25, 0.3) is 11.3 Å². The fourth-order valence-corrected chi connectivity index (χ4v) is 3.62. The maximum Gasteiger partial charge on any atom is 0.255 e. The topological polar surface area (TPSA) is 67.0 Å². The summed E-state index contributed by atoms with van der Waals surface area (Å²) in [5, 5.41) is 9.85. The van der Waals surface area contributed by atoms with Crippen molar-refractivity contribution in [1.82, 2.24) is 15.5 Å². The smallest absolute Gasteiger partial charge is 0.255 e. The third kappa shape index (κ3) is 4.12. The Kier molecular flexibility index (Phi) is 5.41. The Bertz CT molecular complexity index is 749. The number of rotatable bonds is 4. The first-order valence-corrected chi connectivity index (χ1v) is 9.05. The average molecular weight is 359 g/mol. The number of carbonyl (C=O) groups excluding carboxylic acids is 1. The van der Waals surface area contributed by atoms with Gasteiger partial charge in [-0.3, -0.25) is 9.89 Å². The Balaban J connectivity index is 1.69. The second kappa shape index (κ2) is 7.58. The number of benzene rings is 1. The Morgan fingerprint density at radius 3 is 2.77 bits per heavy atom. The van der Waals surface area contributed by atoms with E-state index in [1.165, 1.54) is 18.3 Å². The number of hydrogen-bond acceptors (Lipinski definition) is 3. The number of nitrogens with zero attached hydrogens (tertiary/aromatic N) is 1. The standard InChI is InChI=1S/C20H26FN3O2/c1-20(2,3)18-14(5-4-10-26-18)11-22-19(25)16-12-23-24-17(16)13-6-8-15(21)9-7-13/h6-9,12,14,18H,4-5,10-11H2,1-3H3,(H,22,25)(H,23,24)/t14-,18-/m1/s1. The van der Waals surface area contributed by atoms with Gasteiger partial charge in [0.05, 0.1) is 23.6 Å². The van der Waals surface area contributed by atoms with E-state index >= 15 is 0 Å². The quantitative estimate of drug-likeness (QED) is 0.873. The molecule has 140 valence electrons. The molecule has 0 radical (unpaired) electrons. The molecule has 3 rings (SSSR count). The summed E-state index contributed by atoms with van der Waals surface area (Å²) in [6.07, 6.45) is 3.68. The minimum absolute atomic E-state index is 0.0325. The van der Waals surface area contributed by atoms with Crippen molar-refractivity contribution in [2.24, 2.45) is 11.3 Å². The first-order valence-electron chi connectivity index (χ1n) is 9.05. The number of hydrogen-bond donors (Lipinski definition) is 2. The van der Waals surface area contributed by atoms with E-state index in [1.54, 1.807) is 12.1 Å². The number of carbonyl (C=O) groups is 1. The van der Waals surface area contributed by atoms with Gasteiger partial charge in [0.2, 0.25) is 0 Å². The van der Waals surface area contributed by atoms with E-state index in [0.717, 1.165) is 25.0 Å². The predicted molar refractivity (Wildman–Crippen MR) is 98.2 cm³/mol. The Morgan fingerprint density at radius 2 is 2.08 bits per heavy atom. The summed E-state index contributed by atoms with van der Waals surface area (Å²) in [4.78, 5) is 12.7. The van der Waals surface area contributed by atoms with Gasteiger partial charge in [-0.15, -0.1) is 0 Å². The van der Waals surface area contributed by atoms with Crippen LogP contribution in [0.4, 0.5) is 4.39 Å². The first kappa shape index (κ1) is 18.6.